The maximum Gasteiger partial charge on any atom is 0.416 e. The summed E-state index contributed by atoms with van der Waals surface area (Å²) in [7, 11) is -3.52. The van der Waals surface area contributed by atoms with Crippen LogP contribution >= 0.6 is 0 Å². The van der Waals surface area contributed by atoms with Gasteiger partial charge in [-0.1, -0.05) is 18.2 Å². The predicted molar refractivity (Wildman–Crippen MR) is 119 cm³/mol. The number of anilines is 1. The molecule has 2 aromatic rings. The molecule has 33 heavy (non-hydrogen) atoms. The van der Waals surface area contributed by atoms with Gasteiger partial charge in [-0.05, 0) is 54.8 Å². The molecule has 1 saturated carbocycles. The summed E-state index contributed by atoms with van der Waals surface area (Å²) in [6.45, 7) is 1.65. The Hall–Kier alpha value is -2.85. The number of sulfonamides is 1. The third kappa shape index (κ3) is 5.94. The zero-order chi connectivity index (χ0) is 23.6. The molecule has 10 heteroatoms. The van der Waals surface area contributed by atoms with Crippen LogP contribution in [0.2, 0.25) is 0 Å². The van der Waals surface area contributed by atoms with E-state index in [0.717, 1.165) is 25.0 Å². The minimum Gasteiger partial charge on any atom is -0.368 e. The fourth-order valence-corrected chi connectivity index (χ4v) is 4.89. The highest BCUT2D eigenvalue weighted by atomic mass is 32.2. The van der Waals surface area contributed by atoms with Crippen molar-refractivity contribution in [1.82, 2.24) is 9.62 Å². The highest BCUT2D eigenvalue weighted by Crippen LogP contribution is 2.32. The number of nitrogens with one attached hydrogen (secondary N) is 1. The van der Waals surface area contributed by atoms with Crippen molar-refractivity contribution in [3.05, 3.63) is 65.7 Å². The van der Waals surface area contributed by atoms with Gasteiger partial charge in [-0.25, -0.2) is 13.1 Å². The lowest BCUT2D eigenvalue weighted by Crippen LogP contribution is -2.48. The van der Waals surface area contributed by atoms with Gasteiger partial charge < -0.3 is 9.80 Å². The number of hydrogen-bond acceptors (Lipinski definition) is 4. The van der Waals surface area contributed by atoms with Crippen LogP contribution in [0.3, 0.4) is 0 Å². The van der Waals surface area contributed by atoms with Crippen molar-refractivity contribution in [2.45, 2.75) is 30.0 Å². The Morgan fingerprint density at radius 2 is 1.67 bits per heavy atom. The summed E-state index contributed by atoms with van der Waals surface area (Å²) in [5.74, 6) is -0.203. The van der Waals surface area contributed by atoms with Gasteiger partial charge in [-0.15, -0.1) is 0 Å². The maximum absolute atomic E-state index is 12.9. The van der Waals surface area contributed by atoms with Gasteiger partial charge in [0.1, 0.15) is 0 Å². The fourth-order valence-electron chi connectivity index (χ4n) is 3.58. The number of nitrogens with zero attached hydrogens (tertiary/aromatic N) is 2. The van der Waals surface area contributed by atoms with Crippen molar-refractivity contribution in [1.29, 1.82) is 0 Å². The van der Waals surface area contributed by atoms with Crippen molar-refractivity contribution in [2.24, 2.45) is 0 Å². The minimum atomic E-state index is -4.39. The number of halogens is 3. The zero-order valence-electron chi connectivity index (χ0n) is 17.8. The van der Waals surface area contributed by atoms with Crippen molar-refractivity contribution in [3.8, 4) is 0 Å². The molecule has 2 aromatic carbocycles. The van der Waals surface area contributed by atoms with Crippen LogP contribution in [-0.2, 0) is 21.0 Å². The molecule has 1 aliphatic heterocycles. The number of carbonyl (C=O) groups is 1. The topological polar surface area (TPSA) is 69.7 Å². The highest BCUT2D eigenvalue weighted by molar-refractivity contribution is 7.89. The molecule has 0 unspecified atom stereocenters. The molecule has 1 amide bonds. The van der Waals surface area contributed by atoms with Crippen molar-refractivity contribution in [3.63, 3.8) is 0 Å². The Bertz CT molecular complexity index is 1140. The molecule has 0 radical (unpaired) electrons. The quantitative estimate of drug-likeness (QED) is 0.644. The molecule has 0 bridgehead atoms. The van der Waals surface area contributed by atoms with E-state index in [1.165, 1.54) is 24.3 Å². The number of carbonyl (C=O) groups excluding carboxylic acids is 1. The summed E-state index contributed by atoms with van der Waals surface area (Å²) in [5, 5.41) is 0. The molecule has 0 atom stereocenters. The summed E-state index contributed by atoms with van der Waals surface area (Å²) in [4.78, 5) is 16.2. The second-order valence-corrected chi connectivity index (χ2v) is 9.87. The lowest BCUT2D eigenvalue weighted by molar-refractivity contribution is -0.137. The van der Waals surface area contributed by atoms with Crippen LogP contribution < -0.4 is 9.62 Å². The third-order valence-corrected chi connectivity index (χ3v) is 7.17. The molecule has 1 saturated heterocycles. The van der Waals surface area contributed by atoms with Crippen LogP contribution in [0.15, 0.2) is 59.5 Å². The van der Waals surface area contributed by atoms with Crippen molar-refractivity contribution < 1.29 is 26.4 Å². The molecule has 2 fully saturated rings. The molecular weight excluding hydrogens is 455 g/mol. The van der Waals surface area contributed by atoms with E-state index in [2.05, 4.69) is 4.72 Å². The summed E-state index contributed by atoms with van der Waals surface area (Å²) in [6, 6.07) is 11.5. The Morgan fingerprint density at radius 3 is 2.27 bits per heavy atom. The van der Waals surface area contributed by atoms with Gasteiger partial charge in [0, 0.05) is 44.0 Å². The normalized spacial score (nSPS) is 17.5. The fraction of sp³-hybridized carbons (Fsp3) is 0.348. The van der Waals surface area contributed by atoms with E-state index in [0.29, 0.717) is 37.4 Å². The van der Waals surface area contributed by atoms with E-state index in [1.54, 1.807) is 29.2 Å². The summed E-state index contributed by atoms with van der Waals surface area (Å²) < 4.78 is 65.9. The monoisotopic (exact) mass is 479 g/mol. The average molecular weight is 480 g/mol. The van der Waals surface area contributed by atoms with Crippen LogP contribution in [0.4, 0.5) is 18.9 Å². The molecule has 4 rings (SSSR count). The Morgan fingerprint density at radius 1 is 1.00 bits per heavy atom. The van der Waals surface area contributed by atoms with E-state index in [1.807, 2.05) is 4.90 Å². The van der Waals surface area contributed by atoms with Gasteiger partial charge in [0.15, 0.2) is 0 Å². The molecule has 2 aliphatic rings. The van der Waals surface area contributed by atoms with Crippen molar-refractivity contribution >= 4 is 27.7 Å². The number of piperazine rings is 1. The number of alkyl halides is 3. The second-order valence-electron chi connectivity index (χ2n) is 8.16. The first-order valence-corrected chi connectivity index (χ1v) is 12.1. The zero-order valence-corrected chi connectivity index (χ0v) is 18.6. The predicted octanol–water partition coefficient (Wildman–Crippen LogP) is 3.51. The number of amides is 1. The first kappa shape index (κ1) is 23.3. The Labute approximate surface area is 190 Å². The number of benzene rings is 2. The van der Waals surface area contributed by atoms with Crippen LogP contribution in [0, 0.1) is 0 Å². The molecule has 176 valence electrons. The van der Waals surface area contributed by atoms with Crippen molar-refractivity contribution in [2.75, 3.05) is 31.1 Å². The second kappa shape index (κ2) is 9.18. The summed E-state index contributed by atoms with van der Waals surface area (Å²) in [6.07, 6.45) is 0.361. The van der Waals surface area contributed by atoms with Crippen LogP contribution in [0.25, 0.3) is 6.08 Å². The molecular formula is C23H24F3N3O3S. The molecule has 1 N–H and O–H groups in total. The first-order chi connectivity index (χ1) is 15.6. The molecule has 0 spiro atoms. The van der Waals surface area contributed by atoms with E-state index in [9.17, 15) is 26.4 Å². The molecule has 6 nitrogen and oxygen atoms in total. The summed E-state index contributed by atoms with van der Waals surface area (Å²) in [5.41, 5.74) is 0.485. The van der Waals surface area contributed by atoms with Gasteiger partial charge >= 0.3 is 6.18 Å². The third-order valence-electron chi connectivity index (χ3n) is 5.64. The number of rotatable bonds is 6. The van der Waals surface area contributed by atoms with Gasteiger partial charge in [0.05, 0.1) is 10.5 Å². The SMILES string of the molecule is O=C(/C=C/c1ccc(S(=O)(=O)NC2CC2)cc1)N1CCN(c2cccc(C(F)(F)F)c2)CC1. The first-order valence-electron chi connectivity index (χ1n) is 10.6. The molecule has 0 aromatic heterocycles. The van der Waals surface area contributed by atoms with Gasteiger partial charge in [-0.2, -0.15) is 13.2 Å². The van der Waals surface area contributed by atoms with E-state index in [4.69, 9.17) is 0 Å². The molecule has 1 heterocycles. The standard InChI is InChI=1S/C23H24F3N3O3S/c24-23(25,26)18-2-1-3-20(16-18)28-12-14-29(15-13-28)22(30)11-6-17-4-9-21(10-5-17)33(31,32)27-19-7-8-19/h1-6,9-11,16,19,27H,7-8,12-15H2/b11-6+. The van der Waals surface area contributed by atoms with E-state index < -0.39 is 21.8 Å². The van der Waals surface area contributed by atoms with Crippen LogP contribution in [-0.4, -0.2) is 51.4 Å². The Balaban J connectivity index is 1.32. The lowest BCUT2D eigenvalue weighted by atomic mass is 10.1. The van der Waals surface area contributed by atoms with Gasteiger partial charge in [-0.3, -0.25) is 4.79 Å². The highest BCUT2D eigenvalue weighted by Gasteiger charge is 2.31. The Kier molecular flexibility index (Phi) is 6.49. The smallest absolute Gasteiger partial charge is 0.368 e. The molecule has 1 aliphatic carbocycles. The summed E-state index contributed by atoms with van der Waals surface area (Å²) >= 11 is 0. The van der Waals surface area contributed by atoms with E-state index >= 15 is 0 Å². The lowest BCUT2D eigenvalue weighted by Gasteiger charge is -2.35. The minimum absolute atomic E-state index is 0.0289. The average Bonchev–Trinajstić information content (AvgIpc) is 3.61. The maximum atomic E-state index is 12.9. The van der Waals surface area contributed by atoms with Crippen LogP contribution in [0.1, 0.15) is 24.0 Å². The van der Waals surface area contributed by atoms with Crippen LogP contribution in [0.5, 0.6) is 0 Å². The van der Waals surface area contributed by atoms with Gasteiger partial charge in [0.25, 0.3) is 0 Å². The number of hydrogen-bond donors (Lipinski definition) is 1. The largest absolute Gasteiger partial charge is 0.416 e. The van der Waals surface area contributed by atoms with Gasteiger partial charge in [0.2, 0.25) is 15.9 Å². The van der Waals surface area contributed by atoms with E-state index in [-0.39, 0.29) is 16.8 Å².